The molecule has 1 rings (SSSR count). The second kappa shape index (κ2) is 5.82. The lowest BCUT2D eigenvalue weighted by Crippen LogP contribution is -2.23. The van der Waals surface area contributed by atoms with E-state index in [1.54, 1.807) is 38.1 Å². The van der Waals surface area contributed by atoms with E-state index in [4.69, 9.17) is 4.74 Å². The van der Waals surface area contributed by atoms with Crippen LogP contribution in [0.3, 0.4) is 0 Å². The van der Waals surface area contributed by atoms with Crippen LogP contribution >= 0.6 is 0 Å². The first-order valence-corrected chi connectivity index (χ1v) is 5.87. The summed E-state index contributed by atoms with van der Waals surface area (Å²) in [4.78, 5) is 11.7. The zero-order chi connectivity index (χ0) is 12.9. The van der Waals surface area contributed by atoms with Gasteiger partial charge in [-0.25, -0.2) is 4.79 Å². The summed E-state index contributed by atoms with van der Waals surface area (Å²) in [5, 5.41) is 9.58. The van der Waals surface area contributed by atoms with E-state index < -0.39 is 5.60 Å². The number of carbonyl (C=O) groups excluding carboxylic acids is 1. The van der Waals surface area contributed by atoms with Crippen molar-refractivity contribution in [1.82, 2.24) is 0 Å². The zero-order valence-electron chi connectivity index (χ0n) is 10.6. The largest absolute Gasteiger partial charge is 0.459 e. The molecule has 0 aliphatic carbocycles. The van der Waals surface area contributed by atoms with Gasteiger partial charge in [0.25, 0.3) is 0 Å². The maximum absolute atomic E-state index is 11.7. The maximum atomic E-state index is 11.7. The third kappa shape index (κ3) is 5.50. The van der Waals surface area contributed by atoms with Gasteiger partial charge in [-0.15, -0.1) is 0 Å². The molecule has 0 spiro atoms. The molecule has 0 saturated heterocycles. The van der Waals surface area contributed by atoms with Gasteiger partial charge in [-0.05, 0) is 45.7 Å². The van der Waals surface area contributed by atoms with Crippen LogP contribution in [0.25, 0.3) is 0 Å². The molecule has 0 radical (unpaired) electrons. The third-order valence-corrected chi connectivity index (χ3v) is 2.48. The predicted octanol–water partition coefficient (Wildman–Crippen LogP) is 2.78. The lowest BCUT2D eigenvalue weighted by Gasteiger charge is -2.20. The van der Waals surface area contributed by atoms with E-state index >= 15 is 0 Å². The van der Waals surface area contributed by atoms with Crippen LogP contribution in [0.4, 0.5) is 0 Å². The summed E-state index contributed by atoms with van der Waals surface area (Å²) < 4.78 is 5.28. The molecule has 3 nitrogen and oxygen atoms in total. The van der Waals surface area contributed by atoms with Crippen molar-refractivity contribution in [3.05, 3.63) is 35.9 Å². The highest BCUT2D eigenvalue weighted by Gasteiger charge is 2.17. The minimum absolute atomic E-state index is 0.186. The Morgan fingerprint density at radius 1 is 1.35 bits per heavy atom. The Bertz CT molecular complexity index is 351. The van der Waals surface area contributed by atoms with Crippen molar-refractivity contribution in [2.24, 2.45) is 0 Å². The molecule has 0 bridgehead atoms. The summed E-state index contributed by atoms with van der Waals surface area (Å²) in [5.74, 6) is -0.311. The molecule has 0 amide bonds. The summed E-state index contributed by atoms with van der Waals surface area (Å²) >= 11 is 0. The smallest absolute Gasteiger partial charge is 0.338 e. The molecule has 0 aliphatic rings. The van der Waals surface area contributed by atoms with Crippen molar-refractivity contribution in [2.75, 3.05) is 0 Å². The van der Waals surface area contributed by atoms with Gasteiger partial charge in [-0.3, -0.25) is 0 Å². The average Bonchev–Trinajstić information content (AvgIpc) is 2.27. The third-order valence-electron chi connectivity index (χ3n) is 2.48. The Kier molecular flexibility index (Phi) is 4.70. The van der Waals surface area contributed by atoms with Crippen molar-refractivity contribution < 1.29 is 14.6 Å². The van der Waals surface area contributed by atoms with E-state index in [0.717, 1.165) is 0 Å². The second-order valence-electron chi connectivity index (χ2n) is 4.93. The normalized spacial score (nSPS) is 13.2. The minimum Gasteiger partial charge on any atom is -0.459 e. The maximum Gasteiger partial charge on any atom is 0.338 e. The van der Waals surface area contributed by atoms with E-state index in [1.165, 1.54) is 0 Å². The number of esters is 1. The Labute approximate surface area is 102 Å². The van der Waals surface area contributed by atoms with Crippen molar-refractivity contribution >= 4 is 5.97 Å². The van der Waals surface area contributed by atoms with Gasteiger partial charge in [0.05, 0.1) is 17.3 Å². The monoisotopic (exact) mass is 236 g/mol. The number of rotatable bonds is 5. The Hall–Kier alpha value is -1.35. The molecule has 0 saturated carbocycles. The van der Waals surface area contributed by atoms with Crippen LogP contribution in [-0.2, 0) is 4.74 Å². The molecule has 0 fully saturated rings. The lowest BCUT2D eigenvalue weighted by molar-refractivity contribution is 0.0186. The predicted molar refractivity (Wildman–Crippen MR) is 66.9 cm³/mol. The molecule has 1 aromatic rings. The highest BCUT2D eigenvalue weighted by molar-refractivity contribution is 5.89. The van der Waals surface area contributed by atoms with Crippen LogP contribution in [0.1, 0.15) is 44.0 Å². The Morgan fingerprint density at radius 3 is 2.47 bits per heavy atom. The van der Waals surface area contributed by atoms with Gasteiger partial charge >= 0.3 is 5.97 Å². The van der Waals surface area contributed by atoms with E-state index in [9.17, 15) is 9.90 Å². The number of carbonyl (C=O) groups is 1. The summed E-state index contributed by atoms with van der Waals surface area (Å²) in [6, 6.07) is 8.92. The minimum atomic E-state index is -0.715. The molecule has 1 atom stereocenters. The van der Waals surface area contributed by atoms with E-state index in [-0.39, 0.29) is 12.1 Å². The number of hydrogen-bond donors (Lipinski definition) is 1. The summed E-state index contributed by atoms with van der Waals surface area (Å²) in [5.41, 5.74) is -0.157. The van der Waals surface area contributed by atoms with Crippen LogP contribution < -0.4 is 0 Å². The van der Waals surface area contributed by atoms with E-state index in [2.05, 4.69) is 0 Å². The summed E-state index contributed by atoms with van der Waals surface area (Å²) in [7, 11) is 0. The lowest BCUT2D eigenvalue weighted by atomic mass is 10.0. The van der Waals surface area contributed by atoms with Gasteiger partial charge < -0.3 is 9.84 Å². The summed E-state index contributed by atoms with van der Waals surface area (Å²) in [6.07, 6.45) is 1.08. The standard InChI is InChI=1S/C14H20O3/c1-11(9-10-14(2,3)16)17-13(15)12-7-5-4-6-8-12/h4-8,11,16H,9-10H2,1-3H3. The molecule has 0 aromatic heterocycles. The fourth-order valence-electron chi connectivity index (χ4n) is 1.44. The molecular weight excluding hydrogens is 216 g/mol. The molecule has 1 aromatic carbocycles. The molecule has 0 aliphatic heterocycles. The molecule has 3 heteroatoms. The highest BCUT2D eigenvalue weighted by atomic mass is 16.5. The quantitative estimate of drug-likeness (QED) is 0.800. The van der Waals surface area contributed by atoms with Gasteiger partial charge in [-0.2, -0.15) is 0 Å². The van der Waals surface area contributed by atoms with Gasteiger partial charge in [0.2, 0.25) is 0 Å². The topological polar surface area (TPSA) is 46.5 Å². The van der Waals surface area contributed by atoms with Crippen molar-refractivity contribution in [3.63, 3.8) is 0 Å². The SMILES string of the molecule is CC(CCC(C)(C)O)OC(=O)c1ccccc1. The van der Waals surface area contributed by atoms with Crippen LogP contribution in [0.15, 0.2) is 30.3 Å². The van der Waals surface area contributed by atoms with Gasteiger partial charge in [0, 0.05) is 0 Å². The number of ether oxygens (including phenoxy) is 1. The fraction of sp³-hybridized carbons (Fsp3) is 0.500. The number of hydrogen-bond acceptors (Lipinski definition) is 3. The first kappa shape index (κ1) is 13.7. The van der Waals surface area contributed by atoms with Gasteiger partial charge in [0.15, 0.2) is 0 Å². The molecule has 0 heterocycles. The molecule has 17 heavy (non-hydrogen) atoms. The van der Waals surface area contributed by atoms with Crippen molar-refractivity contribution in [3.8, 4) is 0 Å². The second-order valence-corrected chi connectivity index (χ2v) is 4.93. The number of aliphatic hydroxyl groups is 1. The first-order valence-electron chi connectivity index (χ1n) is 5.87. The fourth-order valence-corrected chi connectivity index (χ4v) is 1.44. The molecule has 1 unspecified atom stereocenters. The first-order chi connectivity index (χ1) is 7.88. The van der Waals surface area contributed by atoms with Crippen molar-refractivity contribution in [1.29, 1.82) is 0 Å². The zero-order valence-corrected chi connectivity index (χ0v) is 10.6. The van der Waals surface area contributed by atoms with Gasteiger partial charge in [-0.1, -0.05) is 18.2 Å². The Balaban J connectivity index is 2.42. The Morgan fingerprint density at radius 2 is 1.94 bits per heavy atom. The molecule has 1 N–H and O–H groups in total. The molecular formula is C14H20O3. The van der Waals surface area contributed by atoms with Crippen LogP contribution in [0, 0.1) is 0 Å². The average molecular weight is 236 g/mol. The highest BCUT2D eigenvalue weighted by Crippen LogP contribution is 2.14. The van der Waals surface area contributed by atoms with Gasteiger partial charge in [0.1, 0.15) is 0 Å². The van der Waals surface area contributed by atoms with E-state index in [1.807, 2.05) is 13.0 Å². The van der Waals surface area contributed by atoms with Crippen LogP contribution in [-0.4, -0.2) is 22.8 Å². The summed E-state index contributed by atoms with van der Waals surface area (Å²) in [6.45, 7) is 5.34. The van der Waals surface area contributed by atoms with Crippen molar-refractivity contribution in [2.45, 2.75) is 45.3 Å². The number of benzene rings is 1. The van der Waals surface area contributed by atoms with Crippen LogP contribution in [0.2, 0.25) is 0 Å². The van der Waals surface area contributed by atoms with Crippen LogP contribution in [0.5, 0.6) is 0 Å². The molecule has 94 valence electrons. The van der Waals surface area contributed by atoms with E-state index in [0.29, 0.717) is 18.4 Å².